The summed E-state index contributed by atoms with van der Waals surface area (Å²) < 4.78 is 5.58. The highest BCUT2D eigenvalue weighted by molar-refractivity contribution is 5.88. The van der Waals surface area contributed by atoms with Crippen molar-refractivity contribution < 1.29 is 14.6 Å². The molecule has 160 valence electrons. The second-order valence-electron chi connectivity index (χ2n) is 8.30. The molecule has 0 bridgehead atoms. The van der Waals surface area contributed by atoms with Gasteiger partial charge in [0.05, 0.1) is 0 Å². The molecule has 4 rings (SSSR count). The van der Waals surface area contributed by atoms with Crippen molar-refractivity contribution in [3.8, 4) is 5.75 Å². The maximum Gasteiger partial charge on any atom is 0.358 e. The second kappa shape index (κ2) is 8.76. The Balaban J connectivity index is 1.65. The van der Waals surface area contributed by atoms with Crippen LogP contribution in [0.15, 0.2) is 59.4 Å². The third-order valence-corrected chi connectivity index (χ3v) is 6.08. The van der Waals surface area contributed by atoms with Crippen LogP contribution in [-0.4, -0.2) is 21.0 Å². The Morgan fingerprint density at radius 3 is 2.42 bits per heavy atom. The zero-order valence-corrected chi connectivity index (χ0v) is 17.6. The van der Waals surface area contributed by atoms with Gasteiger partial charge in [0, 0.05) is 11.8 Å². The van der Waals surface area contributed by atoms with Crippen molar-refractivity contribution in [1.29, 1.82) is 0 Å². The first-order valence-corrected chi connectivity index (χ1v) is 10.6. The number of nitrogens with zero attached hydrogens (tertiary/aromatic N) is 1. The molecule has 1 aliphatic rings. The smallest absolute Gasteiger partial charge is 0.358 e. The normalized spacial score (nSPS) is 15.0. The van der Waals surface area contributed by atoms with E-state index in [2.05, 4.69) is 41.2 Å². The number of rotatable bonds is 7. The lowest BCUT2D eigenvalue weighted by atomic mass is 9.75. The molecule has 0 saturated heterocycles. The molecule has 1 fully saturated rings. The molecule has 0 unspecified atom stereocenters. The van der Waals surface area contributed by atoms with Gasteiger partial charge in [0.25, 0.3) is 5.56 Å². The number of ether oxygens (including phenoxy) is 1. The molecular formula is C25H26N2O4. The number of benzene rings is 2. The van der Waals surface area contributed by atoms with Crippen LogP contribution in [0.5, 0.6) is 5.75 Å². The number of aromatic carboxylic acids is 1. The zero-order chi connectivity index (χ0) is 21.8. The van der Waals surface area contributed by atoms with E-state index in [1.165, 1.54) is 11.1 Å². The van der Waals surface area contributed by atoms with E-state index in [9.17, 15) is 14.7 Å². The van der Waals surface area contributed by atoms with Gasteiger partial charge < -0.3 is 14.8 Å². The number of hydrogen-bond donors (Lipinski definition) is 2. The molecular weight excluding hydrogens is 392 g/mol. The molecule has 3 aromatic rings. The van der Waals surface area contributed by atoms with Crippen LogP contribution < -0.4 is 10.3 Å². The van der Waals surface area contributed by atoms with Gasteiger partial charge in [-0.2, -0.15) is 0 Å². The van der Waals surface area contributed by atoms with Crippen molar-refractivity contribution in [2.45, 2.75) is 51.0 Å². The van der Waals surface area contributed by atoms with E-state index in [1.54, 1.807) is 0 Å². The molecule has 0 atom stereocenters. The van der Waals surface area contributed by atoms with Crippen LogP contribution in [0.1, 0.15) is 58.7 Å². The van der Waals surface area contributed by atoms with E-state index in [1.807, 2.05) is 30.3 Å². The topological polar surface area (TPSA) is 92.3 Å². The Morgan fingerprint density at radius 2 is 1.77 bits per heavy atom. The molecule has 6 heteroatoms. The van der Waals surface area contributed by atoms with Crippen LogP contribution >= 0.6 is 0 Å². The molecule has 2 aromatic carbocycles. The van der Waals surface area contributed by atoms with E-state index < -0.39 is 11.5 Å². The van der Waals surface area contributed by atoms with Crippen LogP contribution in [0, 0.1) is 6.92 Å². The summed E-state index contributed by atoms with van der Waals surface area (Å²) in [7, 11) is 0. The number of aromatic amines is 1. The van der Waals surface area contributed by atoms with Gasteiger partial charge >= 0.3 is 5.97 Å². The number of H-pyrrole nitrogens is 1. The second-order valence-corrected chi connectivity index (χ2v) is 8.30. The predicted octanol–water partition coefficient (Wildman–Crippen LogP) is 4.41. The van der Waals surface area contributed by atoms with E-state index in [-0.39, 0.29) is 23.5 Å². The summed E-state index contributed by atoms with van der Waals surface area (Å²) in [5, 5.41) is 9.69. The van der Waals surface area contributed by atoms with Crippen molar-refractivity contribution in [3.05, 3.63) is 93.2 Å². The fraction of sp³-hybridized carbons (Fsp3) is 0.320. The molecule has 1 heterocycles. The number of aromatic nitrogens is 2. The van der Waals surface area contributed by atoms with Crippen molar-refractivity contribution in [3.63, 3.8) is 0 Å². The fourth-order valence-corrected chi connectivity index (χ4v) is 4.45. The largest absolute Gasteiger partial charge is 0.481 e. The van der Waals surface area contributed by atoms with E-state index in [0.717, 1.165) is 31.2 Å². The molecule has 0 radical (unpaired) electrons. The number of carbonyl (C=O) groups is 1. The van der Waals surface area contributed by atoms with Crippen LogP contribution in [-0.2, 0) is 18.4 Å². The highest BCUT2D eigenvalue weighted by atomic mass is 16.5. The summed E-state index contributed by atoms with van der Waals surface area (Å²) in [4.78, 5) is 31.7. The lowest BCUT2D eigenvalue weighted by Crippen LogP contribution is -2.29. The monoisotopic (exact) mass is 418 g/mol. The van der Waals surface area contributed by atoms with Gasteiger partial charge in [0.2, 0.25) is 5.75 Å². The van der Waals surface area contributed by atoms with Crippen LogP contribution in [0.3, 0.4) is 0 Å². The molecule has 1 aliphatic carbocycles. The van der Waals surface area contributed by atoms with Crippen LogP contribution in [0.25, 0.3) is 0 Å². The zero-order valence-electron chi connectivity index (χ0n) is 17.6. The third kappa shape index (κ3) is 4.53. The molecule has 1 aromatic heterocycles. The van der Waals surface area contributed by atoms with Gasteiger partial charge in [0.1, 0.15) is 12.4 Å². The number of hydrogen-bond acceptors (Lipinski definition) is 4. The molecule has 6 nitrogen and oxygen atoms in total. The molecule has 0 aliphatic heterocycles. The lowest BCUT2D eigenvalue weighted by molar-refractivity contribution is 0.0683. The van der Waals surface area contributed by atoms with E-state index >= 15 is 0 Å². The highest BCUT2D eigenvalue weighted by Crippen LogP contribution is 2.43. The number of aryl methyl sites for hydroxylation is 1. The summed E-state index contributed by atoms with van der Waals surface area (Å²) in [6.45, 7) is 2.15. The summed E-state index contributed by atoms with van der Waals surface area (Å²) >= 11 is 0. The van der Waals surface area contributed by atoms with Gasteiger partial charge in [-0.1, -0.05) is 73.0 Å². The molecule has 1 saturated carbocycles. The van der Waals surface area contributed by atoms with Crippen molar-refractivity contribution in [1.82, 2.24) is 9.97 Å². The van der Waals surface area contributed by atoms with Crippen molar-refractivity contribution >= 4 is 5.97 Å². The van der Waals surface area contributed by atoms with Gasteiger partial charge in [0.15, 0.2) is 5.69 Å². The Morgan fingerprint density at radius 1 is 1.10 bits per heavy atom. The predicted molar refractivity (Wildman–Crippen MR) is 118 cm³/mol. The maximum atomic E-state index is 12.8. The van der Waals surface area contributed by atoms with Crippen LogP contribution in [0.4, 0.5) is 0 Å². The highest BCUT2D eigenvalue weighted by Gasteiger charge is 2.37. The van der Waals surface area contributed by atoms with E-state index in [4.69, 9.17) is 4.74 Å². The van der Waals surface area contributed by atoms with Gasteiger partial charge in [-0.15, -0.1) is 0 Å². The van der Waals surface area contributed by atoms with Crippen molar-refractivity contribution in [2.75, 3.05) is 0 Å². The molecule has 2 N–H and O–H groups in total. The van der Waals surface area contributed by atoms with E-state index in [0.29, 0.717) is 12.2 Å². The molecule has 0 spiro atoms. The standard InChI is InChI=1S/C25H26N2O4/c1-17-9-11-19(12-10-17)25(13-5-6-14-25)15-20-26-21(24(29)30)22(23(28)27-20)31-16-18-7-3-2-4-8-18/h2-4,7-12H,5-6,13-16H2,1H3,(H,29,30)(H,26,27,28). The molecule has 31 heavy (non-hydrogen) atoms. The maximum absolute atomic E-state index is 12.8. The van der Waals surface area contributed by atoms with Gasteiger partial charge in [-0.3, -0.25) is 4.79 Å². The summed E-state index contributed by atoms with van der Waals surface area (Å²) in [6, 6.07) is 17.7. The lowest BCUT2D eigenvalue weighted by Gasteiger charge is -2.29. The Bertz CT molecular complexity index is 1110. The summed E-state index contributed by atoms with van der Waals surface area (Å²) in [5.41, 5.74) is 2.19. The average Bonchev–Trinajstić information content (AvgIpc) is 3.23. The first kappa shape index (κ1) is 20.8. The Labute approximate surface area is 180 Å². The number of carboxylic acids is 1. The quantitative estimate of drug-likeness (QED) is 0.593. The minimum absolute atomic E-state index is 0.0958. The summed E-state index contributed by atoms with van der Waals surface area (Å²) in [6.07, 6.45) is 4.65. The van der Waals surface area contributed by atoms with Crippen molar-refractivity contribution in [2.24, 2.45) is 0 Å². The average molecular weight is 418 g/mol. The number of carboxylic acid groups (broad SMARTS) is 1. The summed E-state index contributed by atoms with van der Waals surface area (Å²) in [5.74, 6) is -1.14. The minimum Gasteiger partial charge on any atom is -0.481 e. The fourth-order valence-electron chi connectivity index (χ4n) is 4.45. The first-order chi connectivity index (χ1) is 15.0. The number of nitrogens with one attached hydrogen (secondary N) is 1. The molecule has 0 amide bonds. The first-order valence-electron chi connectivity index (χ1n) is 10.6. The van der Waals surface area contributed by atoms with Crippen LogP contribution in [0.2, 0.25) is 0 Å². The Hall–Kier alpha value is -3.41. The van der Waals surface area contributed by atoms with Gasteiger partial charge in [-0.25, -0.2) is 9.78 Å². The third-order valence-electron chi connectivity index (χ3n) is 6.08. The Kier molecular flexibility index (Phi) is 5.89. The SMILES string of the molecule is Cc1ccc(C2(Cc3nc(C(=O)O)c(OCc4ccccc4)c(=O)[nH]3)CCCC2)cc1. The van der Waals surface area contributed by atoms with Gasteiger partial charge in [-0.05, 0) is 30.9 Å². The minimum atomic E-state index is -1.27.